The number of carbonyl (C=O) groups excluding carboxylic acids is 2. The third kappa shape index (κ3) is 4.42. The summed E-state index contributed by atoms with van der Waals surface area (Å²) < 4.78 is 0. The molecule has 1 heterocycles. The van der Waals surface area contributed by atoms with Crippen LogP contribution in [0.5, 0.6) is 0 Å². The number of hydrogen-bond acceptors (Lipinski definition) is 3. The Morgan fingerprint density at radius 2 is 1.83 bits per heavy atom. The molecule has 1 aliphatic carbocycles. The summed E-state index contributed by atoms with van der Waals surface area (Å²) in [5, 5.41) is 7.18. The summed E-state index contributed by atoms with van der Waals surface area (Å²) >= 11 is 7.47. The SMILES string of the molecule is Cc1cccc(C(=O)Nc2sc3c(c2C(=O)Nc2ccc(Cl)cc2)CCC(C)C3)c1. The van der Waals surface area contributed by atoms with Gasteiger partial charge in [0.15, 0.2) is 0 Å². The number of hydrogen-bond donors (Lipinski definition) is 2. The van der Waals surface area contributed by atoms with E-state index >= 15 is 0 Å². The van der Waals surface area contributed by atoms with Gasteiger partial charge in [0.25, 0.3) is 11.8 Å². The molecule has 0 spiro atoms. The third-order valence-electron chi connectivity index (χ3n) is 5.35. The fourth-order valence-electron chi connectivity index (χ4n) is 3.77. The van der Waals surface area contributed by atoms with Crippen LogP contribution in [0.4, 0.5) is 10.7 Å². The molecule has 1 unspecified atom stereocenters. The van der Waals surface area contributed by atoms with Gasteiger partial charge in [-0.3, -0.25) is 9.59 Å². The standard InChI is InChI=1S/C24H23ClN2O2S/c1-14-4-3-5-16(12-14)22(28)27-24-21(19-11-6-15(2)13-20(19)30-24)23(29)26-18-9-7-17(25)8-10-18/h3-5,7-10,12,15H,6,11,13H2,1-2H3,(H,26,29)(H,27,28). The van der Waals surface area contributed by atoms with Crippen LogP contribution in [0.2, 0.25) is 5.02 Å². The normalized spacial score (nSPS) is 15.4. The monoisotopic (exact) mass is 438 g/mol. The van der Waals surface area contributed by atoms with E-state index in [0.29, 0.717) is 32.8 Å². The first-order valence-electron chi connectivity index (χ1n) is 10.00. The first kappa shape index (κ1) is 20.6. The molecule has 0 bridgehead atoms. The fraction of sp³-hybridized carbons (Fsp3) is 0.250. The minimum absolute atomic E-state index is 0.203. The molecule has 0 radical (unpaired) electrons. The van der Waals surface area contributed by atoms with Gasteiger partial charge < -0.3 is 10.6 Å². The van der Waals surface area contributed by atoms with E-state index in [2.05, 4.69) is 17.6 Å². The summed E-state index contributed by atoms with van der Waals surface area (Å²) in [4.78, 5) is 27.3. The average Bonchev–Trinajstić information content (AvgIpc) is 3.06. The highest BCUT2D eigenvalue weighted by Gasteiger charge is 2.28. The van der Waals surface area contributed by atoms with Crippen LogP contribution in [-0.4, -0.2) is 11.8 Å². The van der Waals surface area contributed by atoms with E-state index in [1.807, 2.05) is 25.1 Å². The van der Waals surface area contributed by atoms with Gasteiger partial charge in [0.1, 0.15) is 5.00 Å². The van der Waals surface area contributed by atoms with Crippen LogP contribution < -0.4 is 10.6 Å². The maximum Gasteiger partial charge on any atom is 0.258 e. The van der Waals surface area contributed by atoms with Gasteiger partial charge in [0, 0.05) is 21.2 Å². The molecule has 154 valence electrons. The van der Waals surface area contributed by atoms with E-state index in [1.165, 1.54) is 16.2 Å². The van der Waals surface area contributed by atoms with Gasteiger partial charge in [0.2, 0.25) is 0 Å². The van der Waals surface area contributed by atoms with Gasteiger partial charge in [0.05, 0.1) is 5.56 Å². The van der Waals surface area contributed by atoms with Crippen LogP contribution in [0.3, 0.4) is 0 Å². The zero-order valence-corrected chi connectivity index (χ0v) is 18.5. The first-order chi connectivity index (χ1) is 14.4. The number of rotatable bonds is 4. The molecule has 30 heavy (non-hydrogen) atoms. The lowest BCUT2D eigenvalue weighted by Gasteiger charge is -2.18. The summed E-state index contributed by atoms with van der Waals surface area (Å²) in [6.07, 6.45) is 2.81. The van der Waals surface area contributed by atoms with E-state index in [-0.39, 0.29) is 11.8 Å². The quantitative estimate of drug-likeness (QED) is 0.499. The maximum atomic E-state index is 13.2. The fourth-order valence-corrected chi connectivity index (χ4v) is 5.30. The Hall–Kier alpha value is -2.63. The topological polar surface area (TPSA) is 58.2 Å². The Balaban J connectivity index is 1.66. The Morgan fingerprint density at radius 3 is 2.57 bits per heavy atom. The summed E-state index contributed by atoms with van der Waals surface area (Å²) in [6, 6.07) is 14.5. The predicted octanol–water partition coefficient (Wildman–Crippen LogP) is 6.34. The predicted molar refractivity (Wildman–Crippen MR) is 124 cm³/mol. The van der Waals surface area contributed by atoms with Crippen LogP contribution in [0.25, 0.3) is 0 Å². The van der Waals surface area contributed by atoms with Gasteiger partial charge >= 0.3 is 0 Å². The number of aryl methyl sites for hydroxylation is 1. The first-order valence-corrected chi connectivity index (χ1v) is 11.2. The molecule has 2 aromatic carbocycles. The van der Waals surface area contributed by atoms with Crippen molar-refractivity contribution in [2.24, 2.45) is 5.92 Å². The molecule has 6 heteroatoms. The molecule has 2 N–H and O–H groups in total. The van der Waals surface area contributed by atoms with E-state index in [4.69, 9.17) is 11.6 Å². The number of halogens is 1. The number of carbonyl (C=O) groups is 2. The second-order valence-electron chi connectivity index (χ2n) is 7.84. The van der Waals surface area contributed by atoms with Gasteiger partial charge in [-0.25, -0.2) is 0 Å². The van der Waals surface area contributed by atoms with E-state index in [9.17, 15) is 9.59 Å². The van der Waals surface area contributed by atoms with Crippen LogP contribution in [0, 0.1) is 12.8 Å². The van der Waals surface area contributed by atoms with Crippen molar-refractivity contribution in [3.63, 3.8) is 0 Å². The van der Waals surface area contributed by atoms with Crippen molar-refractivity contribution in [3.05, 3.63) is 80.7 Å². The molecule has 1 atom stereocenters. The zero-order chi connectivity index (χ0) is 21.3. The number of thiophene rings is 1. The minimum atomic E-state index is -0.205. The van der Waals surface area contributed by atoms with Crippen molar-refractivity contribution in [2.75, 3.05) is 10.6 Å². The number of amides is 2. The number of anilines is 2. The van der Waals surface area contributed by atoms with Gasteiger partial charge in [-0.15, -0.1) is 11.3 Å². The highest BCUT2D eigenvalue weighted by Crippen LogP contribution is 2.40. The van der Waals surface area contributed by atoms with Gasteiger partial charge in [-0.2, -0.15) is 0 Å². The molecule has 0 aliphatic heterocycles. The van der Waals surface area contributed by atoms with Crippen molar-refractivity contribution in [2.45, 2.75) is 33.1 Å². The zero-order valence-electron chi connectivity index (χ0n) is 16.9. The molecule has 0 saturated heterocycles. The number of nitrogens with one attached hydrogen (secondary N) is 2. The molecule has 0 fully saturated rings. The molecule has 4 nitrogen and oxygen atoms in total. The summed E-state index contributed by atoms with van der Waals surface area (Å²) in [6.45, 7) is 4.17. The van der Waals surface area contributed by atoms with E-state index < -0.39 is 0 Å². The molecule has 0 saturated carbocycles. The molecule has 2 amide bonds. The van der Waals surface area contributed by atoms with Gasteiger partial charge in [-0.05, 0) is 74.1 Å². The Kier molecular flexibility index (Phi) is 5.93. The van der Waals surface area contributed by atoms with Crippen LogP contribution in [-0.2, 0) is 12.8 Å². The van der Waals surface area contributed by atoms with Crippen LogP contribution >= 0.6 is 22.9 Å². The lowest BCUT2D eigenvalue weighted by atomic mass is 9.88. The molecule has 4 rings (SSSR count). The lowest BCUT2D eigenvalue weighted by molar-refractivity contribution is 0.102. The molecule has 3 aromatic rings. The Bertz CT molecular complexity index is 1100. The second-order valence-corrected chi connectivity index (χ2v) is 9.38. The summed E-state index contributed by atoms with van der Waals surface area (Å²) in [5.41, 5.74) is 3.91. The molecule has 1 aliphatic rings. The third-order valence-corrected chi connectivity index (χ3v) is 6.77. The van der Waals surface area contributed by atoms with Gasteiger partial charge in [-0.1, -0.05) is 36.2 Å². The van der Waals surface area contributed by atoms with Crippen LogP contribution in [0.1, 0.15) is 50.1 Å². The maximum absolute atomic E-state index is 13.2. The van der Waals surface area contributed by atoms with Crippen molar-refractivity contribution in [1.82, 2.24) is 0 Å². The van der Waals surface area contributed by atoms with Crippen molar-refractivity contribution < 1.29 is 9.59 Å². The molecular weight excluding hydrogens is 416 g/mol. The Morgan fingerprint density at radius 1 is 1.07 bits per heavy atom. The van der Waals surface area contributed by atoms with Crippen molar-refractivity contribution in [1.29, 1.82) is 0 Å². The highest BCUT2D eigenvalue weighted by atomic mass is 35.5. The van der Waals surface area contributed by atoms with Crippen molar-refractivity contribution >= 4 is 45.4 Å². The smallest absolute Gasteiger partial charge is 0.258 e. The summed E-state index contributed by atoms with van der Waals surface area (Å²) in [5.74, 6) is 0.165. The molecule has 1 aromatic heterocycles. The second kappa shape index (κ2) is 8.62. The Labute approximate surface area is 185 Å². The molecular formula is C24H23ClN2O2S. The summed E-state index contributed by atoms with van der Waals surface area (Å²) in [7, 11) is 0. The van der Waals surface area contributed by atoms with E-state index in [0.717, 1.165) is 30.4 Å². The van der Waals surface area contributed by atoms with Crippen LogP contribution in [0.15, 0.2) is 48.5 Å². The van der Waals surface area contributed by atoms with Crippen molar-refractivity contribution in [3.8, 4) is 0 Å². The minimum Gasteiger partial charge on any atom is -0.322 e. The lowest BCUT2D eigenvalue weighted by Crippen LogP contribution is -2.19. The van der Waals surface area contributed by atoms with E-state index in [1.54, 1.807) is 30.3 Å². The number of fused-ring (bicyclic) bond motifs is 1. The highest BCUT2D eigenvalue weighted by molar-refractivity contribution is 7.17. The number of benzene rings is 2. The average molecular weight is 439 g/mol. The largest absolute Gasteiger partial charge is 0.322 e.